The van der Waals surface area contributed by atoms with Gasteiger partial charge in [0.2, 0.25) is 5.91 Å². The van der Waals surface area contributed by atoms with Crippen LogP contribution in [0.3, 0.4) is 0 Å². The summed E-state index contributed by atoms with van der Waals surface area (Å²) < 4.78 is 53.1. The maximum atomic E-state index is 14.7. The molecule has 0 spiro atoms. The predicted molar refractivity (Wildman–Crippen MR) is 179 cm³/mol. The topological polar surface area (TPSA) is 177 Å². The van der Waals surface area contributed by atoms with Crippen LogP contribution in [-0.2, 0) is 14.6 Å². The molecular weight excluding hydrogens is 643 g/mol. The Labute approximate surface area is 279 Å². The molecule has 1 saturated heterocycles. The highest BCUT2D eigenvalue weighted by Gasteiger charge is 2.38. The summed E-state index contributed by atoms with van der Waals surface area (Å²) >= 11 is 0. The molecule has 3 aromatic carbocycles. The fraction of sp³-hybridized carbons (Fsp3) is 0.382. The van der Waals surface area contributed by atoms with Crippen molar-refractivity contribution in [3.8, 4) is 11.5 Å². The number of sulfone groups is 1. The molecule has 0 unspecified atom stereocenters. The maximum Gasteiger partial charge on any atom is 0.409 e. The minimum atomic E-state index is -3.84. The average Bonchev–Trinajstić information content (AvgIpc) is 3.50. The van der Waals surface area contributed by atoms with Gasteiger partial charge in [-0.25, -0.2) is 17.6 Å². The number of carbonyl (C=O) groups excluding carboxylic acids is 2. The molecule has 2 atom stereocenters. The van der Waals surface area contributed by atoms with E-state index in [4.69, 9.17) is 15.2 Å². The Bertz CT molecular complexity index is 1800. The van der Waals surface area contributed by atoms with Crippen LogP contribution in [0.4, 0.5) is 20.6 Å². The Morgan fingerprint density at radius 2 is 1.73 bits per heavy atom. The highest BCUT2D eigenvalue weighted by molar-refractivity contribution is 7.92. The van der Waals surface area contributed by atoms with Crippen molar-refractivity contribution in [1.82, 2.24) is 4.90 Å². The van der Waals surface area contributed by atoms with Gasteiger partial charge in [0.1, 0.15) is 11.9 Å². The van der Waals surface area contributed by atoms with Crippen molar-refractivity contribution in [2.45, 2.75) is 75.8 Å². The van der Waals surface area contributed by atoms with Crippen LogP contribution in [0.1, 0.15) is 81.0 Å². The lowest BCUT2D eigenvalue weighted by molar-refractivity contribution is -0.133. The van der Waals surface area contributed by atoms with Gasteiger partial charge in [-0.2, -0.15) is 0 Å². The number of ether oxygens (including phenoxy) is 2. The number of anilines is 2. The number of rotatable bonds is 13. The Morgan fingerprint density at radius 1 is 1.02 bits per heavy atom. The summed E-state index contributed by atoms with van der Waals surface area (Å²) in [5.41, 5.74) is 6.14. The van der Waals surface area contributed by atoms with E-state index in [1.54, 1.807) is 36.9 Å². The van der Waals surface area contributed by atoms with Crippen molar-refractivity contribution in [2.24, 2.45) is 5.73 Å². The van der Waals surface area contributed by atoms with Gasteiger partial charge in [0, 0.05) is 17.9 Å². The second kappa shape index (κ2) is 14.9. The number of carbonyl (C=O) groups is 3. The number of benzene rings is 3. The van der Waals surface area contributed by atoms with Crippen molar-refractivity contribution in [2.75, 3.05) is 23.8 Å². The number of primary amides is 1. The molecule has 258 valence electrons. The van der Waals surface area contributed by atoms with E-state index in [0.717, 1.165) is 6.07 Å². The minimum absolute atomic E-state index is 0.00102. The molecule has 1 aliphatic rings. The monoisotopic (exact) mass is 684 g/mol. The quantitative estimate of drug-likeness (QED) is 0.171. The molecule has 1 heterocycles. The number of carboxylic acid groups (broad SMARTS) is 1. The van der Waals surface area contributed by atoms with Crippen LogP contribution in [-0.4, -0.2) is 60.8 Å². The minimum Gasteiger partial charge on any atom is -0.490 e. The Hall–Kier alpha value is -4.85. The molecular formula is C34H41FN4O8S. The Balaban J connectivity index is 1.85. The molecule has 4 rings (SSSR count). The van der Waals surface area contributed by atoms with E-state index in [1.165, 1.54) is 30.3 Å². The highest BCUT2D eigenvalue weighted by atomic mass is 32.2. The van der Waals surface area contributed by atoms with Gasteiger partial charge in [-0.15, -0.1) is 0 Å². The van der Waals surface area contributed by atoms with Crippen molar-refractivity contribution in [3.05, 3.63) is 77.1 Å². The number of hydrogen-bond donors (Lipinski definition) is 4. The van der Waals surface area contributed by atoms with Gasteiger partial charge in [0.05, 0.1) is 34.5 Å². The van der Waals surface area contributed by atoms with E-state index in [-0.39, 0.29) is 40.0 Å². The second-order valence-electron chi connectivity index (χ2n) is 11.9. The fourth-order valence-corrected chi connectivity index (χ4v) is 6.91. The Morgan fingerprint density at radius 3 is 2.35 bits per heavy atom. The van der Waals surface area contributed by atoms with Crippen LogP contribution < -0.4 is 25.8 Å². The van der Waals surface area contributed by atoms with Crippen molar-refractivity contribution >= 4 is 39.1 Å². The van der Waals surface area contributed by atoms with E-state index in [1.807, 2.05) is 20.8 Å². The summed E-state index contributed by atoms with van der Waals surface area (Å²) in [6.07, 6.45) is -0.545. The summed E-state index contributed by atoms with van der Waals surface area (Å²) in [4.78, 5) is 39.6. The standard InChI is InChI=1S/C34H41FN4O8S/c1-6-46-29-16-21(9-13-28(29)47-19(2)3)31(37-22-10-12-26(35)24(17-22)32(36)40)33(41)39-15-7-8-27(39)25-18-23(38-34(42)43)11-14-30(25)48(44,45)20(4)5/h9-14,16-20,27,31,37-38H,6-8,15H2,1-5H3,(H2,36,40)(H,42,43)/t27-,31+/m1/s1. The lowest BCUT2D eigenvalue weighted by Gasteiger charge is -2.32. The van der Waals surface area contributed by atoms with Crippen molar-refractivity contribution < 1.29 is 41.8 Å². The summed E-state index contributed by atoms with van der Waals surface area (Å²) in [7, 11) is -3.84. The third-order valence-corrected chi connectivity index (χ3v) is 10.1. The largest absolute Gasteiger partial charge is 0.490 e. The first kappa shape index (κ1) is 36.0. The molecule has 1 fully saturated rings. The predicted octanol–water partition coefficient (Wildman–Crippen LogP) is 5.90. The van der Waals surface area contributed by atoms with Crippen molar-refractivity contribution in [3.63, 3.8) is 0 Å². The van der Waals surface area contributed by atoms with E-state index >= 15 is 0 Å². The number of hydrogen-bond acceptors (Lipinski definition) is 8. The van der Waals surface area contributed by atoms with E-state index < -0.39 is 50.9 Å². The third kappa shape index (κ3) is 7.98. The molecule has 0 aromatic heterocycles. The first-order valence-corrected chi connectivity index (χ1v) is 17.2. The fourth-order valence-electron chi connectivity index (χ4n) is 5.62. The smallest absolute Gasteiger partial charge is 0.409 e. The van der Waals surface area contributed by atoms with Crippen LogP contribution in [0.15, 0.2) is 59.5 Å². The van der Waals surface area contributed by atoms with E-state index in [9.17, 15) is 32.3 Å². The highest BCUT2D eigenvalue weighted by Crippen LogP contribution is 2.41. The molecule has 14 heteroatoms. The summed E-state index contributed by atoms with van der Waals surface area (Å²) in [6, 6.07) is 11.0. The first-order valence-electron chi connectivity index (χ1n) is 15.6. The summed E-state index contributed by atoms with van der Waals surface area (Å²) in [6.45, 7) is 9.21. The zero-order valence-corrected chi connectivity index (χ0v) is 28.3. The SMILES string of the molecule is CCOc1cc([C@H](Nc2ccc(F)c(C(N)=O)c2)C(=O)N2CCC[C@@H]2c2cc(NC(=O)O)ccc2S(=O)(=O)C(C)C)ccc1OC(C)C. The van der Waals surface area contributed by atoms with Gasteiger partial charge in [0.15, 0.2) is 21.3 Å². The molecule has 0 saturated carbocycles. The van der Waals surface area contributed by atoms with Gasteiger partial charge in [0.25, 0.3) is 5.91 Å². The van der Waals surface area contributed by atoms with E-state index in [0.29, 0.717) is 36.5 Å². The molecule has 0 radical (unpaired) electrons. The van der Waals surface area contributed by atoms with Gasteiger partial charge >= 0.3 is 6.09 Å². The number of likely N-dealkylation sites (tertiary alicyclic amines) is 1. The first-order chi connectivity index (χ1) is 22.6. The van der Waals surface area contributed by atoms with E-state index in [2.05, 4.69) is 10.6 Å². The van der Waals surface area contributed by atoms with Gasteiger partial charge < -0.3 is 30.5 Å². The lowest BCUT2D eigenvalue weighted by Crippen LogP contribution is -2.38. The summed E-state index contributed by atoms with van der Waals surface area (Å²) in [5.74, 6) is -1.41. The normalized spacial score (nSPS) is 15.3. The number of halogens is 1. The second-order valence-corrected chi connectivity index (χ2v) is 14.4. The van der Waals surface area contributed by atoms with Crippen LogP contribution in [0, 0.1) is 5.82 Å². The third-order valence-electron chi connectivity index (χ3n) is 7.84. The molecule has 0 bridgehead atoms. The molecule has 0 aliphatic carbocycles. The van der Waals surface area contributed by atoms with Crippen LogP contribution in [0.2, 0.25) is 0 Å². The zero-order chi connectivity index (χ0) is 35.3. The van der Waals surface area contributed by atoms with Crippen LogP contribution in [0.25, 0.3) is 0 Å². The number of nitrogens with one attached hydrogen (secondary N) is 2. The van der Waals surface area contributed by atoms with Crippen molar-refractivity contribution in [1.29, 1.82) is 0 Å². The number of nitrogens with zero attached hydrogens (tertiary/aromatic N) is 1. The average molecular weight is 685 g/mol. The van der Waals surface area contributed by atoms with Crippen LogP contribution in [0.5, 0.6) is 11.5 Å². The van der Waals surface area contributed by atoms with Gasteiger partial charge in [-0.1, -0.05) is 6.07 Å². The number of nitrogens with two attached hydrogens (primary N) is 1. The Kier molecular flexibility index (Phi) is 11.2. The van der Waals surface area contributed by atoms with Gasteiger partial charge in [-0.05, 0) is 107 Å². The molecule has 3 aromatic rings. The molecule has 48 heavy (non-hydrogen) atoms. The maximum absolute atomic E-state index is 14.7. The lowest BCUT2D eigenvalue weighted by atomic mass is 10.00. The molecule has 12 nitrogen and oxygen atoms in total. The molecule has 5 N–H and O–H groups in total. The molecule has 1 aliphatic heterocycles. The summed E-state index contributed by atoms with van der Waals surface area (Å²) in [5, 5.41) is 14.0. The van der Waals surface area contributed by atoms with Gasteiger partial charge in [-0.3, -0.25) is 14.9 Å². The van der Waals surface area contributed by atoms with Crippen LogP contribution >= 0.6 is 0 Å². The number of amides is 3. The zero-order valence-electron chi connectivity index (χ0n) is 27.4. The molecule has 3 amide bonds.